The minimum atomic E-state index is -2.87. The van der Waals surface area contributed by atoms with Crippen LogP contribution in [0, 0.1) is 0 Å². The Morgan fingerprint density at radius 1 is 1.33 bits per heavy atom. The second-order valence-corrected chi connectivity index (χ2v) is 5.13. The van der Waals surface area contributed by atoms with Gasteiger partial charge in [0.25, 0.3) is 0 Å². The van der Waals surface area contributed by atoms with Gasteiger partial charge < -0.3 is 9.84 Å². The lowest BCUT2D eigenvalue weighted by atomic mass is 10.0. The van der Waals surface area contributed by atoms with Crippen molar-refractivity contribution in [2.45, 2.75) is 31.9 Å². The molecule has 1 heterocycles. The minimum absolute atomic E-state index is 0.0316. The van der Waals surface area contributed by atoms with Crippen LogP contribution in [-0.4, -0.2) is 48.1 Å². The second kappa shape index (κ2) is 7.47. The van der Waals surface area contributed by atoms with Gasteiger partial charge >= 0.3 is 6.61 Å². The van der Waals surface area contributed by atoms with Crippen molar-refractivity contribution in [2.24, 2.45) is 0 Å². The fraction of sp³-hybridized carbons (Fsp3) is 0.533. The average Bonchev–Trinajstić information content (AvgIpc) is 2.48. The highest BCUT2D eigenvalue weighted by atomic mass is 19.3. The van der Waals surface area contributed by atoms with Crippen LogP contribution in [0.4, 0.5) is 8.78 Å². The first kappa shape index (κ1) is 15.9. The van der Waals surface area contributed by atoms with E-state index in [0.717, 1.165) is 25.8 Å². The van der Waals surface area contributed by atoms with Crippen molar-refractivity contribution >= 4 is 5.78 Å². The minimum Gasteiger partial charge on any atom is -0.435 e. The molecule has 0 radical (unpaired) electrons. The van der Waals surface area contributed by atoms with Gasteiger partial charge in [0.1, 0.15) is 5.75 Å². The van der Waals surface area contributed by atoms with Gasteiger partial charge in [-0.25, -0.2) is 0 Å². The molecule has 1 aromatic rings. The number of carbonyl (C=O) groups is 1. The number of hydrogen-bond donors (Lipinski definition) is 1. The summed E-state index contributed by atoms with van der Waals surface area (Å²) in [5.74, 6) is -0.0493. The number of carbonyl (C=O) groups excluding carboxylic acids is 1. The molecule has 116 valence electrons. The molecular weight excluding hydrogens is 280 g/mol. The molecule has 0 unspecified atom stereocenters. The quantitative estimate of drug-likeness (QED) is 0.819. The van der Waals surface area contributed by atoms with Crippen LogP contribution in [0.1, 0.15) is 29.6 Å². The third-order valence-electron chi connectivity index (χ3n) is 3.71. The maximum absolute atomic E-state index is 12.2. The van der Waals surface area contributed by atoms with E-state index >= 15 is 0 Å². The normalized spacial score (nSPS) is 19.7. The summed E-state index contributed by atoms with van der Waals surface area (Å²) in [6.07, 6.45) is 2.98. The van der Waals surface area contributed by atoms with E-state index in [1.54, 1.807) is 0 Å². The Labute approximate surface area is 122 Å². The Morgan fingerprint density at radius 2 is 2.05 bits per heavy atom. The number of likely N-dealkylation sites (tertiary alicyclic amines) is 1. The molecule has 0 bridgehead atoms. The van der Waals surface area contributed by atoms with Crippen LogP contribution >= 0.6 is 0 Å². The molecule has 1 aromatic carbocycles. The molecule has 4 nitrogen and oxygen atoms in total. The maximum Gasteiger partial charge on any atom is 0.387 e. The van der Waals surface area contributed by atoms with Crippen LogP contribution in [0.5, 0.6) is 5.75 Å². The van der Waals surface area contributed by atoms with E-state index < -0.39 is 6.61 Å². The number of Topliss-reactive ketones (excluding diaryl/α,β-unsaturated/α-hetero) is 1. The Bertz CT molecular complexity index is 464. The van der Waals surface area contributed by atoms with E-state index in [-0.39, 0.29) is 30.7 Å². The lowest BCUT2D eigenvalue weighted by Gasteiger charge is -2.33. The molecular formula is C15H19F2NO3. The summed E-state index contributed by atoms with van der Waals surface area (Å²) in [6, 6.07) is 5.72. The number of aliphatic hydroxyl groups is 1. The lowest BCUT2D eigenvalue weighted by Crippen LogP contribution is -2.44. The first-order valence-electron chi connectivity index (χ1n) is 7.03. The number of halogens is 2. The zero-order valence-electron chi connectivity index (χ0n) is 11.7. The number of ketones is 1. The highest BCUT2D eigenvalue weighted by Crippen LogP contribution is 2.19. The molecule has 0 aliphatic carbocycles. The summed E-state index contributed by atoms with van der Waals surface area (Å²) in [4.78, 5) is 14.2. The van der Waals surface area contributed by atoms with Gasteiger partial charge in [0.2, 0.25) is 0 Å². The summed E-state index contributed by atoms with van der Waals surface area (Å²) in [7, 11) is 0. The zero-order chi connectivity index (χ0) is 15.2. The van der Waals surface area contributed by atoms with Crippen molar-refractivity contribution in [1.29, 1.82) is 0 Å². The molecule has 1 fully saturated rings. The molecule has 1 saturated heterocycles. The van der Waals surface area contributed by atoms with Gasteiger partial charge in [-0.2, -0.15) is 8.78 Å². The van der Waals surface area contributed by atoms with Crippen molar-refractivity contribution in [1.82, 2.24) is 4.90 Å². The number of rotatable bonds is 6. The van der Waals surface area contributed by atoms with Crippen LogP contribution in [0.2, 0.25) is 0 Å². The third-order valence-corrected chi connectivity index (χ3v) is 3.71. The van der Waals surface area contributed by atoms with Gasteiger partial charge in [-0.15, -0.1) is 0 Å². The molecule has 0 saturated carbocycles. The molecule has 0 spiro atoms. The van der Waals surface area contributed by atoms with Gasteiger partial charge in [-0.3, -0.25) is 9.69 Å². The molecule has 1 atom stereocenters. The highest BCUT2D eigenvalue weighted by molar-refractivity contribution is 5.97. The second-order valence-electron chi connectivity index (χ2n) is 5.13. The number of aliphatic hydroxyl groups excluding tert-OH is 1. The van der Waals surface area contributed by atoms with Crippen LogP contribution in [0.3, 0.4) is 0 Å². The predicted octanol–water partition coefficient (Wildman–Crippen LogP) is 2.32. The van der Waals surface area contributed by atoms with Gasteiger partial charge in [-0.1, -0.05) is 6.42 Å². The molecule has 0 amide bonds. The van der Waals surface area contributed by atoms with Gasteiger partial charge in [0.15, 0.2) is 5.78 Å². The van der Waals surface area contributed by atoms with Crippen molar-refractivity contribution in [3.05, 3.63) is 29.8 Å². The van der Waals surface area contributed by atoms with E-state index in [1.807, 2.05) is 4.90 Å². The van der Waals surface area contributed by atoms with Gasteiger partial charge in [0.05, 0.1) is 13.2 Å². The first-order chi connectivity index (χ1) is 10.1. The number of alkyl halides is 2. The van der Waals surface area contributed by atoms with Crippen molar-refractivity contribution in [3.8, 4) is 5.75 Å². The topological polar surface area (TPSA) is 49.8 Å². The Morgan fingerprint density at radius 3 is 2.67 bits per heavy atom. The number of piperidine rings is 1. The van der Waals surface area contributed by atoms with Crippen LogP contribution < -0.4 is 4.74 Å². The molecule has 2 rings (SSSR count). The zero-order valence-corrected chi connectivity index (χ0v) is 11.7. The van der Waals surface area contributed by atoms with Crippen molar-refractivity contribution in [3.63, 3.8) is 0 Å². The Hall–Kier alpha value is -1.53. The maximum atomic E-state index is 12.2. The van der Waals surface area contributed by atoms with E-state index in [4.69, 9.17) is 0 Å². The largest absolute Gasteiger partial charge is 0.435 e. The summed E-state index contributed by atoms with van der Waals surface area (Å²) in [5, 5.41) is 9.32. The molecule has 1 aliphatic heterocycles. The molecule has 0 aromatic heterocycles. The monoisotopic (exact) mass is 299 g/mol. The van der Waals surface area contributed by atoms with Crippen molar-refractivity contribution < 1.29 is 23.4 Å². The Balaban J connectivity index is 1.96. The lowest BCUT2D eigenvalue weighted by molar-refractivity contribution is -0.0498. The van der Waals surface area contributed by atoms with E-state index in [0.29, 0.717) is 5.56 Å². The van der Waals surface area contributed by atoms with E-state index in [9.17, 15) is 18.7 Å². The van der Waals surface area contributed by atoms with Crippen LogP contribution in [0.25, 0.3) is 0 Å². The number of hydrogen-bond acceptors (Lipinski definition) is 4. The summed E-state index contributed by atoms with van der Waals surface area (Å²) in [6.45, 7) is -1.79. The van der Waals surface area contributed by atoms with Gasteiger partial charge in [-0.05, 0) is 43.7 Å². The number of nitrogens with zero attached hydrogens (tertiary/aromatic N) is 1. The smallest absolute Gasteiger partial charge is 0.387 e. The van der Waals surface area contributed by atoms with Gasteiger partial charge in [0, 0.05) is 11.6 Å². The molecule has 1 N–H and O–H groups in total. The van der Waals surface area contributed by atoms with E-state index in [2.05, 4.69) is 4.74 Å². The summed E-state index contributed by atoms with van der Waals surface area (Å²) in [5.41, 5.74) is 0.457. The molecule has 6 heteroatoms. The molecule has 1 aliphatic rings. The third kappa shape index (κ3) is 4.47. The SMILES string of the molecule is O=C(CN1CCCC[C@H]1CO)c1ccc(OC(F)F)cc1. The van der Waals surface area contributed by atoms with Crippen molar-refractivity contribution in [2.75, 3.05) is 19.7 Å². The molecule has 21 heavy (non-hydrogen) atoms. The average molecular weight is 299 g/mol. The summed E-state index contributed by atoms with van der Waals surface area (Å²) < 4.78 is 28.3. The van der Waals surface area contributed by atoms with Crippen LogP contribution in [0.15, 0.2) is 24.3 Å². The highest BCUT2D eigenvalue weighted by Gasteiger charge is 2.23. The summed E-state index contributed by atoms with van der Waals surface area (Å²) >= 11 is 0. The standard InChI is InChI=1S/C15H19F2NO3/c16-15(17)21-13-6-4-11(5-7-13)14(20)9-18-8-2-1-3-12(18)10-19/h4-7,12,15,19H,1-3,8-10H2/t12-/m0/s1. The fourth-order valence-corrected chi connectivity index (χ4v) is 2.57. The predicted molar refractivity (Wildman–Crippen MR) is 73.7 cm³/mol. The van der Waals surface area contributed by atoms with Crippen LogP contribution in [-0.2, 0) is 0 Å². The number of benzene rings is 1. The van der Waals surface area contributed by atoms with E-state index in [1.165, 1.54) is 24.3 Å². The Kier molecular flexibility index (Phi) is 5.64. The fourth-order valence-electron chi connectivity index (χ4n) is 2.57. The first-order valence-corrected chi connectivity index (χ1v) is 7.03. The number of ether oxygens (including phenoxy) is 1.